The van der Waals surface area contributed by atoms with Crippen LogP contribution in [0.3, 0.4) is 0 Å². The molecule has 6 nitrogen and oxygen atoms in total. The first kappa shape index (κ1) is 57.4. The van der Waals surface area contributed by atoms with Crippen LogP contribution in [0.25, 0.3) is 0 Å². The van der Waals surface area contributed by atoms with Gasteiger partial charge in [0.25, 0.3) is 0 Å². The molecule has 0 radical (unpaired) electrons. The monoisotopic (exact) mass is 841 g/mol. The third-order valence-electron chi connectivity index (χ3n) is 11.0. The van der Waals surface area contributed by atoms with Crippen LogP contribution in [0.4, 0.5) is 0 Å². The minimum atomic E-state index is -0.788. The van der Waals surface area contributed by atoms with Gasteiger partial charge in [-0.1, -0.05) is 191 Å². The molecule has 0 aliphatic carbocycles. The molecular formula is C54H96O6. The number of rotatable bonds is 46. The van der Waals surface area contributed by atoms with E-state index in [1.165, 1.54) is 109 Å². The molecule has 60 heavy (non-hydrogen) atoms. The normalized spacial score (nSPS) is 12.4. The number of esters is 3. The van der Waals surface area contributed by atoms with Gasteiger partial charge in [0, 0.05) is 19.3 Å². The van der Waals surface area contributed by atoms with Gasteiger partial charge in [-0.2, -0.15) is 0 Å². The maximum absolute atomic E-state index is 12.8. The van der Waals surface area contributed by atoms with E-state index in [2.05, 4.69) is 69.4 Å². The minimum Gasteiger partial charge on any atom is -0.462 e. The molecule has 0 spiro atoms. The van der Waals surface area contributed by atoms with Gasteiger partial charge in [-0.3, -0.25) is 14.4 Å². The standard InChI is InChI=1S/C54H96O6/c1-4-7-10-13-16-19-22-25-27-28-30-32-35-38-41-44-47-53(56)59-50-51(49-58-52(55)46-43-40-37-34-31-24-21-18-15-12-9-6-3)60-54(57)48-45-42-39-36-33-29-26-23-20-17-14-11-8-5-2/h9,12,18,21,27-29,33,51H,4-8,10-11,13-17,19-20,22-26,30-32,34-50H2,1-3H3/b12-9-,21-18-,28-27-,33-29-. The van der Waals surface area contributed by atoms with Crippen molar-refractivity contribution in [1.82, 2.24) is 0 Å². The Morgan fingerprint density at radius 1 is 0.350 bits per heavy atom. The second-order valence-corrected chi connectivity index (χ2v) is 17.0. The Labute approximate surface area is 371 Å². The van der Waals surface area contributed by atoms with Gasteiger partial charge in [-0.25, -0.2) is 0 Å². The highest BCUT2D eigenvalue weighted by molar-refractivity contribution is 5.71. The van der Waals surface area contributed by atoms with E-state index in [9.17, 15) is 14.4 Å². The van der Waals surface area contributed by atoms with Crippen molar-refractivity contribution in [2.75, 3.05) is 13.2 Å². The number of carbonyl (C=O) groups is 3. The van der Waals surface area contributed by atoms with Crippen LogP contribution in [0.5, 0.6) is 0 Å². The lowest BCUT2D eigenvalue weighted by atomic mass is 10.1. The number of allylic oxidation sites excluding steroid dienone is 8. The fourth-order valence-electron chi connectivity index (χ4n) is 7.17. The molecule has 0 aromatic heterocycles. The molecule has 348 valence electrons. The average molecular weight is 841 g/mol. The van der Waals surface area contributed by atoms with Crippen molar-refractivity contribution < 1.29 is 28.6 Å². The summed E-state index contributed by atoms with van der Waals surface area (Å²) < 4.78 is 16.8. The fourth-order valence-corrected chi connectivity index (χ4v) is 7.17. The Hall–Kier alpha value is -2.63. The molecule has 0 fully saturated rings. The smallest absolute Gasteiger partial charge is 0.306 e. The van der Waals surface area contributed by atoms with E-state index in [4.69, 9.17) is 14.2 Å². The first-order valence-electron chi connectivity index (χ1n) is 25.6. The van der Waals surface area contributed by atoms with Gasteiger partial charge in [-0.05, 0) is 96.3 Å². The van der Waals surface area contributed by atoms with E-state index in [0.29, 0.717) is 19.3 Å². The lowest BCUT2D eigenvalue weighted by Gasteiger charge is -2.18. The zero-order chi connectivity index (χ0) is 43.7. The molecule has 0 heterocycles. The summed E-state index contributed by atoms with van der Waals surface area (Å²) in [6, 6.07) is 0. The zero-order valence-electron chi connectivity index (χ0n) is 39.7. The van der Waals surface area contributed by atoms with E-state index < -0.39 is 6.10 Å². The second kappa shape index (κ2) is 49.0. The van der Waals surface area contributed by atoms with Gasteiger partial charge in [0.1, 0.15) is 13.2 Å². The van der Waals surface area contributed by atoms with Crippen LogP contribution in [-0.2, 0) is 28.6 Å². The molecule has 0 rings (SSSR count). The van der Waals surface area contributed by atoms with Gasteiger partial charge >= 0.3 is 17.9 Å². The molecule has 0 N–H and O–H groups in total. The predicted molar refractivity (Wildman–Crippen MR) is 256 cm³/mol. The molecule has 1 unspecified atom stereocenters. The molecule has 1 atom stereocenters. The van der Waals surface area contributed by atoms with Crippen molar-refractivity contribution in [2.45, 2.75) is 264 Å². The first-order chi connectivity index (χ1) is 29.5. The number of ether oxygens (including phenoxy) is 3. The quantitative estimate of drug-likeness (QED) is 0.0263. The molecule has 0 saturated heterocycles. The number of unbranched alkanes of at least 4 members (excludes halogenated alkanes) is 27. The van der Waals surface area contributed by atoms with Crippen LogP contribution in [0.1, 0.15) is 258 Å². The SMILES string of the molecule is CC/C=C\C/C=C\CCCCCCCC(=O)OCC(COC(=O)CCCCCCC/C=C\CCCCCCCCC)OC(=O)CCCCC/C=C\CCCCCCCCC. The molecule has 0 amide bonds. The van der Waals surface area contributed by atoms with E-state index >= 15 is 0 Å². The van der Waals surface area contributed by atoms with Crippen LogP contribution < -0.4 is 0 Å². The van der Waals surface area contributed by atoms with Crippen LogP contribution in [-0.4, -0.2) is 37.2 Å². The molecule has 0 aromatic carbocycles. The van der Waals surface area contributed by atoms with E-state index in [-0.39, 0.29) is 31.1 Å². The topological polar surface area (TPSA) is 78.9 Å². The first-order valence-corrected chi connectivity index (χ1v) is 25.6. The summed E-state index contributed by atoms with van der Waals surface area (Å²) in [7, 11) is 0. The summed E-state index contributed by atoms with van der Waals surface area (Å²) in [4.78, 5) is 37.9. The van der Waals surface area contributed by atoms with Crippen LogP contribution >= 0.6 is 0 Å². The van der Waals surface area contributed by atoms with Crippen molar-refractivity contribution in [3.8, 4) is 0 Å². The van der Waals surface area contributed by atoms with Crippen LogP contribution in [0.2, 0.25) is 0 Å². The molecule has 0 saturated carbocycles. The summed E-state index contributed by atoms with van der Waals surface area (Å²) in [5.41, 5.74) is 0. The second-order valence-electron chi connectivity index (χ2n) is 17.0. The largest absolute Gasteiger partial charge is 0.462 e. The van der Waals surface area contributed by atoms with E-state index in [1.807, 2.05) is 0 Å². The molecule has 0 aliphatic heterocycles. The highest BCUT2D eigenvalue weighted by Crippen LogP contribution is 2.14. The van der Waals surface area contributed by atoms with Crippen molar-refractivity contribution in [3.63, 3.8) is 0 Å². The molecule has 0 aliphatic rings. The highest BCUT2D eigenvalue weighted by atomic mass is 16.6. The van der Waals surface area contributed by atoms with Crippen molar-refractivity contribution in [1.29, 1.82) is 0 Å². The van der Waals surface area contributed by atoms with Crippen molar-refractivity contribution in [3.05, 3.63) is 48.6 Å². The maximum Gasteiger partial charge on any atom is 0.306 e. The summed E-state index contributed by atoms with van der Waals surface area (Å²) >= 11 is 0. The Balaban J connectivity index is 4.40. The molecular weight excluding hydrogens is 745 g/mol. The Bertz CT molecular complexity index is 1060. The Kier molecular flexibility index (Phi) is 46.9. The Morgan fingerprint density at radius 2 is 0.650 bits per heavy atom. The summed E-state index contributed by atoms with van der Waals surface area (Å²) in [5.74, 6) is -0.921. The van der Waals surface area contributed by atoms with Crippen molar-refractivity contribution >= 4 is 17.9 Å². The van der Waals surface area contributed by atoms with Gasteiger partial charge < -0.3 is 14.2 Å². The molecule has 6 heteroatoms. The summed E-state index contributed by atoms with van der Waals surface area (Å²) in [5, 5.41) is 0. The minimum absolute atomic E-state index is 0.0874. The third-order valence-corrected chi connectivity index (χ3v) is 11.0. The number of hydrogen-bond donors (Lipinski definition) is 0. The van der Waals surface area contributed by atoms with Gasteiger partial charge in [0.2, 0.25) is 0 Å². The average Bonchev–Trinajstić information content (AvgIpc) is 3.24. The highest BCUT2D eigenvalue weighted by Gasteiger charge is 2.19. The summed E-state index contributed by atoms with van der Waals surface area (Å²) in [6.07, 6.45) is 58.1. The van der Waals surface area contributed by atoms with Gasteiger partial charge in [0.15, 0.2) is 6.10 Å². The molecule has 0 aromatic rings. The zero-order valence-corrected chi connectivity index (χ0v) is 39.7. The Morgan fingerprint density at radius 3 is 1.03 bits per heavy atom. The lowest BCUT2D eigenvalue weighted by molar-refractivity contribution is -0.167. The third kappa shape index (κ3) is 46.4. The van der Waals surface area contributed by atoms with Crippen LogP contribution in [0.15, 0.2) is 48.6 Å². The van der Waals surface area contributed by atoms with E-state index in [1.54, 1.807) is 0 Å². The van der Waals surface area contributed by atoms with Crippen molar-refractivity contribution in [2.24, 2.45) is 0 Å². The molecule has 0 bridgehead atoms. The fraction of sp³-hybridized carbons (Fsp3) is 0.796. The number of hydrogen-bond acceptors (Lipinski definition) is 6. The van der Waals surface area contributed by atoms with Gasteiger partial charge in [0.05, 0.1) is 0 Å². The number of carbonyl (C=O) groups excluding carboxylic acids is 3. The van der Waals surface area contributed by atoms with Gasteiger partial charge in [-0.15, -0.1) is 0 Å². The maximum atomic E-state index is 12.8. The van der Waals surface area contributed by atoms with E-state index in [0.717, 1.165) is 109 Å². The van der Waals surface area contributed by atoms with Crippen LogP contribution in [0, 0.1) is 0 Å². The summed E-state index contributed by atoms with van der Waals surface area (Å²) in [6.45, 7) is 6.50. The lowest BCUT2D eigenvalue weighted by Crippen LogP contribution is -2.30. The predicted octanol–water partition coefficient (Wildman–Crippen LogP) is 16.7.